The van der Waals surface area contributed by atoms with Gasteiger partial charge in [-0.25, -0.2) is 16.8 Å². The van der Waals surface area contributed by atoms with Crippen LogP contribution in [0.2, 0.25) is 0 Å². The minimum absolute atomic E-state index is 0.121. The summed E-state index contributed by atoms with van der Waals surface area (Å²) in [4.78, 5) is 13.3. The maximum Gasteiger partial charge on any atom is 0.245 e. The second-order valence-electron chi connectivity index (χ2n) is 8.62. The molecule has 1 N–H and O–H groups in total. The Morgan fingerprint density at radius 1 is 0.914 bits per heavy atom. The number of rotatable bonds is 6. The molecule has 2 aliphatic heterocycles. The van der Waals surface area contributed by atoms with Crippen LogP contribution >= 0.6 is 0 Å². The Kier molecular flexibility index (Phi) is 6.95. The fourth-order valence-electron chi connectivity index (χ4n) is 4.50. The van der Waals surface area contributed by atoms with Gasteiger partial charge in [-0.15, -0.1) is 0 Å². The Morgan fingerprint density at radius 3 is 2.00 bits per heavy atom. The number of nitrogens with one attached hydrogen (secondary N) is 1. The van der Waals surface area contributed by atoms with Crippen LogP contribution in [-0.2, 0) is 29.6 Å². The molecule has 10 nitrogen and oxygen atoms in total. The molecule has 1 spiro atoms. The molecule has 0 aliphatic carbocycles. The first-order valence-corrected chi connectivity index (χ1v) is 14.2. The standard InChI is InChI=1S/C23H30N4O6S2/c1-18(28)25(3)20-6-10-21(11-7-20)34(29,30)26-14-12-23(13-15-26)27(16-17-33-23)35(31,32)22-8-4-19(24-2)5-9-22/h4-11,24H,12-17H2,1-3H3. The number of carbonyl (C=O) groups is 1. The smallest absolute Gasteiger partial charge is 0.245 e. The van der Waals surface area contributed by atoms with E-state index in [0.717, 1.165) is 5.69 Å². The van der Waals surface area contributed by atoms with Crippen molar-refractivity contribution in [2.75, 3.05) is 50.6 Å². The third-order valence-electron chi connectivity index (χ3n) is 6.69. The van der Waals surface area contributed by atoms with Crippen LogP contribution < -0.4 is 10.2 Å². The highest BCUT2D eigenvalue weighted by Crippen LogP contribution is 2.39. The number of amides is 1. The van der Waals surface area contributed by atoms with Gasteiger partial charge in [0, 0.05) is 64.9 Å². The average Bonchev–Trinajstić information content (AvgIpc) is 3.27. The molecule has 1 amide bonds. The molecule has 2 aromatic carbocycles. The van der Waals surface area contributed by atoms with Gasteiger partial charge in [-0.05, 0) is 48.5 Å². The Balaban J connectivity index is 1.51. The minimum atomic E-state index is -3.82. The highest BCUT2D eigenvalue weighted by atomic mass is 32.2. The third kappa shape index (κ3) is 4.68. The van der Waals surface area contributed by atoms with E-state index in [9.17, 15) is 21.6 Å². The Labute approximate surface area is 206 Å². The van der Waals surface area contributed by atoms with E-state index in [4.69, 9.17) is 4.74 Å². The number of benzene rings is 2. The van der Waals surface area contributed by atoms with Gasteiger partial charge in [-0.1, -0.05) is 0 Å². The van der Waals surface area contributed by atoms with Gasteiger partial charge < -0.3 is 15.0 Å². The number of anilines is 2. The predicted octanol–water partition coefficient (Wildman–Crippen LogP) is 1.91. The number of piperidine rings is 1. The number of carbonyl (C=O) groups excluding carboxylic acids is 1. The molecule has 190 valence electrons. The van der Waals surface area contributed by atoms with E-state index >= 15 is 0 Å². The fraction of sp³-hybridized carbons (Fsp3) is 0.435. The van der Waals surface area contributed by atoms with Crippen molar-refractivity contribution < 1.29 is 26.4 Å². The van der Waals surface area contributed by atoms with Crippen molar-refractivity contribution in [2.24, 2.45) is 0 Å². The molecule has 2 aliphatic rings. The van der Waals surface area contributed by atoms with Gasteiger partial charge in [0.25, 0.3) is 0 Å². The molecular weight excluding hydrogens is 492 g/mol. The molecule has 0 atom stereocenters. The van der Waals surface area contributed by atoms with Crippen molar-refractivity contribution in [2.45, 2.75) is 35.3 Å². The molecule has 0 radical (unpaired) electrons. The van der Waals surface area contributed by atoms with Crippen LogP contribution in [0.3, 0.4) is 0 Å². The highest BCUT2D eigenvalue weighted by Gasteiger charge is 2.51. The molecule has 2 heterocycles. The van der Waals surface area contributed by atoms with Crippen molar-refractivity contribution in [3.8, 4) is 0 Å². The maximum atomic E-state index is 13.4. The number of hydrogen-bond donors (Lipinski definition) is 1. The summed E-state index contributed by atoms with van der Waals surface area (Å²) in [7, 11) is -4.23. The first-order valence-electron chi connectivity index (χ1n) is 11.3. The number of sulfonamides is 2. The lowest BCUT2D eigenvalue weighted by Crippen LogP contribution is -2.55. The molecule has 0 aromatic heterocycles. The Hall–Kier alpha value is -2.51. The average molecular weight is 523 g/mol. The number of nitrogens with zero attached hydrogens (tertiary/aromatic N) is 3. The van der Waals surface area contributed by atoms with Crippen LogP contribution in [0.4, 0.5) is 11.4 Å². The second-order valence-corrected chi connectivity index (χ2v) is 12.4. The molecule has 12 heteroatoms. The van der Waals surface area contributed by atoms with Gasteiger partial charge in [-0.2, -0.15) is 8.61 Å². The highest BCUT2D eigenvalue weighted by molar-refractivity contribution is 7.89. The number of ether oxygens (including phenoxy) is 1. The molecule has 0 bridgehead atoms. The zero-order valence-electron chi connectivity index (χ0n) is 20.0. The molecule has 2 fully saturated rings. The molecule has 2 aromatic rings. The summed E-state index contributed by atoms with van der Waals surface area (Å²) in [5.41, 5.74) is 0.327. The van der Waals surface area contributed by atoms with E-state index in [1.165, 1.54) is 32.6 Å². The van der Waals surface area contributed by atoms with Crippen molar-refractivity contribution in [3.05, 3.63) is 48.5 Å². The van der Waals surface area contributed by atoms with E-state index in [-0.39, 0.29) is 54.8 Å². The quantitative estimate of drug-likeness (QED) is 0.616. The van der Waals surface area contributed by atoms with Crippen LogP contribution in [0.15, 0.2) is 58.3 Å². The molecular formula is C23H30N4O6S2. The second kappa shape index (κ2) is 9.51. The number of hydrogen-bond acceptors (Lipinski definition) is 7. The molecule has 4 rings (SSSR count). The summed E-state index contributed by atoms with van der Waals surface area (Å²) in [5, 5.41) is 2.97. The van der Waals surface area contributed by atoms with E-state index in [2.05, 4.69) is 5.32 Å². The monoisotopic (exact) mass is 522 g/mol. The SMILES string of the molecule is CNc1ccc(S(=O)(=O)N2CCOC23CCN(S(=O)(=O)c2ccc(N(C)C(C)=O)cc2)CC3)cc1. The zero-order chi connectivity index (χ0) is 25.4. The van der Waals surface area contributed by atoms with Crippen molar-refractivity contribution in [1.82, 2.24) is 8.61 Å². The van der Waals surface area contributed by atoms with Crippen LogP contribution in [0.1, 0.15) is 19.8 Å². The van der Waals surface area contributed by atoms with Crippen molar-refractivity contribution in [3.63, 3.8) is 0 Å². The summed E-state index contributed by atoms with van der Waals surface area (Å²) in [6.07, 6.45) is 0.455. The molecule has 35 heavy (non-hydrogen) atoms. The minimum Gasteiger partial charge on any atom is -0.388 e. The van der Waals surface area contributed by atoms with Crippen LogP contribution in [0, 0.1) is 0 Å². The molecule has 2 saturated heterocycles. The van der Waals surface area contributed by atoms with Gasteiger partial charge in [-0.3, -0.25) is 4.79 Å². The van der Waals surface area contributed by atoms with Gasteiger partial charge in [0.1, 0.15) is 5.72 Å². The van der Waals surface area contributed by atoms with Crippen LogP contribution in [0.5, 0.6) is 0 Å². The van der Waals surface area contributed by atoms with Crippen LogP contribution in [-0.4, -0.2) is 77.4 Å². The van der Waals surface area contributed by atoms with Gasteiger partial charge in [0.15, 0.2) is 0 Å². The van der Waals surface area contributed by atoms with Gasteiger partial charge in [0.05, 0.1) is 16.4 Å². The fourth-order valence-corrected chi connectivity index (χ4v) is 7.66. The Bertz CT molecular complexity index is 1290. The molecule has 0 unspecified atom stereocenters. The Morgan fingerprint density at radius 2 is 1.46 bits per heavy atom. The van der Waals surface area contributed by atoms with Crippen LogP contribution in [0.25, 0.3) is 0 Å². The summed E-state index contributed by atoms with van der Waals surface area (Å²) in [6.45, 7) is 2.16. The van der Waals surface area contributed by atoms with Gasteiger partial charge in [0.2, 0.25) is 26.0 Å². The maximum absolute atomic E-state index is 13.4. The van der Waals surface area contributed by atoms with Crippen molar-refractivity contribution in [1.29, 1.82) is 0 Å². The lowest BCUT2D eigenvalue weighted by molar-refractivity contribution is -0.116. The predicted molar refractivity (Wildman–Crippen MR) is 132 cm³/mol. The summed E-state index contributed by atoms with van der Waals surface area (Å²) in [5.74, 6) is -0.157. The molecule has 0 saturated carbocycles. The van der Waals surface area contributed by atoms with E-state index in [0.29, 0.717) is 5.69 Å². The largest absolute Gasteiger partial charge is 0.388 e. The van der Waals surface area contributed by atoms with Gasteiger partial charge >= 0.3 is 0 Å². The van der Waals surface area contributed by atoms with E-state index in [1.807, 2.05) is 0 Å². The third-order valence-corrected chi connectivity index (χ3v) is 10.6. The summed E-state index contributed by atoms with van der Waals surface area (Å²) < 4.78 is 62.0. The zero-order valence-corrected chi connectivity index (χ0v) is 21.6. The summed E-state index contributed by atoms with van der Waals surface area (Å²) in [6, 6.07) is 12.6. The first-order chi connectivity index (χ1) is 16.5. The lowest BCUT2D eigenvalue weighted by atomic mass is 10.0. The first kappa shape index (κ1) is 25.6. The topological polar surface area (TPSA) is 116 Å². The van der Waals surface area contributed by atoms with E-state index in [1.54, 1.807) is 50.5 Å². The normalized spacial score (nSPS) is 19.1. The lowest BCUT2D eigenvalue weighted by Gasteiger charge is -2.42. The van der Waals surface area contributed by atoms with E-state index < -0.39 is 25.8 Å². The van der Waals surface area contributed by atoms with Crippen molar-refractivity contribution >= 4 is 37.3 Å². The summed E-state index contributed by atoms with van der Waals surface area (Å²) >= 11 is 0.